The van der Waals surface area contributed by atoms with Gasteiger partial charge in [-0.3, -0.25) is 33.7 Å². The van der Waals surface area contributed by atoms with Crippen LogP contribution < -0.4 is 5.32 Å². The summed E-state index contributed by atoms with van der Waals surface area (Å²) in [6.45, 7) is 9.56. The van der Waals surface area contributed by atoms with Crippen molar-refractivity contribution in [2.75, 3.05) is 6.61 Å². The molecule has 2 aliphatic rings. The molecule has 3 amide bonds. The summed E-state index contributed by atoms with van der Waals surface area (Å²) in [7, 11) is 0. The molecule has 0 radical (unpaired) electrons. The van der Waals surface area contributed by atoms with Crippen LogP contribution in [0.1, 0.15) is 110 Å². The highest BCUT2D eigenvalue weighted by atomic mass is 16.5. The molecule has 1 saturated carbocycles. The van der Waals surface area contributed by atoms with Gasteiger partial charge in [0.15, 0.2) is 0 Å². The van der Waals surface area contributed by atoms with Gasteiger partial charge in [0, 0.05) is 43.7 Å². The molecule has 8 rings (SSSR count). The van der Waals surface area contributed by atoms with Gasteiger partial charge < -0.3 is 15.2 Å². The molecule has 76 heavy (non-hydrogen) atoms. The molecule has 10 heteroatoms. The average molecular weight is 1030 g/mol. The summed E-state index contributed by atoms with van der Waals surface area (Å²) in [5, 5.41) is 12.2. The Balaban J connectivity index is 0.000000212. The number of ketones is 1. The third kappa shape index (κ3) is 18.1. The number of carbonyl (C=O) groups excluding carboxylic acids is 5. The number of likely N-dealkylation sites (tertiary alicyclic amines) is 1. The van der Waals surface area contributed by atoms with Gasteiger partial charge in [-0.15, -0.1) is 0 Å². The van der Waals surface area contributed by atoms with E-state index in [1.807, 2.05) is 85.8 Å². The number of nitrogens with zero attached hydrogens (tertiary/aromatic N) is 1. The number of nitrogens with one attached hydrogen (secondary N) is 1. The lowest BCUT2D eigenvalue weighted by Gasteiger charge is -2.28. The molecule has 6 aromatic rings. The maximum atomic E-state index is 12.3. The van der Waals surface area contributed by atoms with Crippen molar-refractivity contribution in [3.63, 3.8) is 0 Å². The van der Waals surface area contributed by atoms with Crippen molar-refractivity contribution in [2.45, 2.75) is 125 Å². The van der Waals surface area contributed by atoms with Crippen LogP contribution in [0.2, 0.25) is 0 Å². The second kappa shape index (κ2) is 30.2. The van der Waals surface area contributed by atoms with Gasteiger partial charge in [0.25, 0.3) is 0 Å². The van der Waals surface area contributed by atoms with Crippen molar-refractivity contribution in [3.8, 4) is 33.4 Å². The molecule has 6 aromatic carbocycles. The summed E-state index contributed by atoms with van der Waals surface area (Å²) < 4.78 is 5.11. The molecule has 6 atom stereocenters. The molecular weight excluding hydrogens is 949 g/mol. The maximum Gasteiger partial charge on any atom is 0.308 e. The highest BCUT2D eigenvalue weighted by Gasteiger charge is 2.37. The molecule has 0 aromatic heterocycles. The van der Waals surface area contributed by atoms with Gasteiger partial charge in [0.1, 0.15) is 5.78 Å². The number of aliphatic carboxylic acids is 1. The van der Waals surface area contributed by atoms with Crippen molar-refractivity contribution < 1.29 is 38.6 Å². The van der Waals surface area contributed by atoms with E-state index < -0.39 is 11.9 Å². The first-order valence-corrected chi connectivity index (χ1v) is 26.7. The Bertz CT molecular complexity index is 2750. The first-order chi connectivity index (χ1) is 36.2. The Morgan fingerprint density at radius 2 is 1.04 bits per heavy atom. The fourth-order valence-corrected chi connectivity index (χ4v) is 9.96. The number of amides is 3. The standard InChI is InChI=1S/C24H27NO4.C22H27NO3.C19H20O.CH4/c1-3-29-24(28)17(2)15-21(25-22(26)13-14-23(25)27)16-18-9-11-20(12-10-18)19-7-5-4-6-8-19;1-3-7-21(24)23-20(14-16(2)22(25)26)15-17-10-12-19(13-11-17)18-8-5-4-6-9-18;1-14-11-16(13-19(14)20)12-15-7-9-18(10-8-15)17-5-3-2-4-6-17;/h4-12,17,21H,3,13-16H2,1-2H3;4-6,8-13,16,20H,3,7,14-15H2,1-2H3,(H,23,24)(H,25,26);2-10,14,16H,11-13H2,1H3;1H4/t17-,21?;16-,20?;14-,16?;/m111./s1. The molecule has 1 saturated heterocycles. The Labute approximate surface area is 451 Å². The number of carboxylic acids is 1. The summed E-state index contributed by atoms with van der Waals surface area (Å²) in [6.07, 6.45) is 6.56. The van der Waals surface area contributed by atoms with Crippen LogP contribution in [-0.4, -0.2) is 64.1 Å². The highest BCUT2D eigenvalue weighted by Crippen LogP contribution is 2.31. The predicted octanol–water partition coefficient (Wildman–Crippen LogP) is 13.4. The predicted molar refractivity (Wildman–Crippen MR) is 304 cm³/mol. The quantitative estimate of drug-likeness (QED) is 0.0567. The topological polar surface area (TPSA) is 147 Å². The van der Waals surface area contributed by atoms with Gasteiger partial charge >= 0.3 is 11.9 Å². The van der Waals surface area contributed by atoms with E-state index in [9.17, 15) is 33.9 Å². The third-order valence-corrected chi connectivity index (χ3v) is 14.1. The number of imide groups is 1. The Morgan fingerprint density at radius 1 is 0.605 bits per heavy atom. The first-order valence-electron chi connectivity index (χ1n) is 26.7. The molecule has 1 aliphatic heterocycles. The molecule has 1 aliphatic carbocycles. The van der Waals surface area contributed by atoms with Gasteiger partial charge in [-0.05, 0) is 108 Å². The Kier molecular flexibility index (Phi) is 23.6. The Morgan fingerprint density at radius 3 is 1.45 bits per heavy atom. The van der Waals surface area contributed by atoms with E-state index >= 15 is 0 Å². The summed E-state index contributed by atoms with van der Waals surface area (Å²) in [5.74, 6) is -1.09. The van der Waals surface area contributed by atoms with Gasteiger partial charge in [0.05, 0.1) is 18.4 Å². The molecule has 2 fully saturated rings. The molecule has 3 unspecified atom stereocenters. The van der Waals surface area contributed by atoms with Crippen LogP contribution in [0.4, 0.5) is 0 Å². The van der Waals surface area contributed by atoms with E-state index in [1.54, 1.807) is 20.8 Å². The van der Waals surface area contributed by atoms with Crippen LogP contribution >= 0.6 is 0 Å². The number of benzene rings is 6. The van der Waals surface area contributed by atoms with Crippen molar-refractivity contribution in [2.24, 2.45) is 23.7 Å². The van der Waals surface area contributed by atoms with E-state index in [4.69, 9.17) is 4.74 Å². The van der Waals surface area contributed by atoms with Gasteiger partial charge in [-0.2, -0.15) is 0 Å². The molecule has 0 bridgehead atoms. The second-order valence-electron chi connectivity index (χ2n) is 20.2. The summed E-state index contributed by atoms with van der Waals surface area (Å²) >= 11 is 0. The lowest BCUT2D eigenvalue weighted by atomic mass is 9.94. The fourth-order valence-electron chi connectivity index (χ4n) is 9.96. The molecule has 0 spiro atoms. The largest absolute Gasteiger partial charge is 0.481 e. The zero-order valence-electron chi connectivity index (χ0n) is 44.3. The molecule has 10 nitrogen and oxygen atoms in total. The normalized spacial score (nSPS) is 16.4. The number of carbonyl (C=O) groups is 6. The minimum atomic E-state index is -0.834. The van der Waals surface area contributed by atoms with Crippen molar-refractivity contribution >= 4 is 35.4 Å². The number of ether oxygens (including phenoxy) is 1. The summed E-state index contributed by atoms with van der Waals surface area (Å²) in [4.78, 5) is 72.9. The SMILES string of the molecule is C.CCCC(=O)NC(Cc1ccc(-c2ccccc2)cc1)C[C@@H](C)C(=O)O.CCOC(=O)[C@H](C)CC(Cc1ccc(-c2ccccc2)cc1)N1C(=O)CCC1=O.C[C@@H]1CC(Cc2ccc(-c3ccccc3)cc2)CC1=O. The lowest BCUT2D eigenvalue weighted by Crippen LogP contribution is -2.42. The summed E-state index contributed by atoms with van der Waals surface area (Å²) in [6, 6.07) is 55.3. The van der Waals surface area contributed by atoms with Gasteiger partial charge in [-0.25, -0.2) is 0 Å². The molecule has 400 valence electrons. The van der Waals surface area contributed by atoms with E-state index in [-0.39, 0.29) is 67.9 Å². The second-order valence-corrected chi connectivity index (χ2v) is 20.2. The van der Waals surface area contributed by atoms with Crippen LogP contribution in [0, 0.1) is 23.7 Å². The first kappa shape index (κ1) is 59.4. The minimum Gasteiger partial charge on any atom is -0.481 e. The number of carboxylic acid groups (broad SMARTS) is 1. The number of hydrogen-bond donors (Lipinski definition) is 2. The van der Waals surface area contributed by atoms with E-state index in [1.165, 1.54) is 21.6 Å². The van der Waals surface area contributed by atoms with Crippen LogP contribution in [0.15, 0.2) is 164 Å². The molecular formula is C66H78N2O8. The lowest BCUT2D eigenvalue weighted by molar-refractivity contribution is -0.150. The van der Waals surface area contributed by atoms with Crippen molar-refractivity contribution in [1.29, 1.82) is 0 Å². The minimum absolute atomic E-state index is 0. The van der Waals surface area contributed by atoms with E-state index in [0.717, 1.165) is 59.1 Å². The fraction of sp³-hybridized carbons (Fsp3) is 0.364. The van der Waals surface area contributed by atoms with Crippen molar-refractivity contribution in [1.82, 2.24) is 10.2 Å². The van der Waals surface area contributed by atoms with E-state index in [2.05, 4.69) is 97.2 Å². The smallest absolute Gasteiger partial charge is 0.308 e. The van der Waals surface area contributed by atoms with Crippen molar-refractivity contribution in [3.05, 3.63) is 180 Å². The monoisotopic (exact) mass is 1030 g/mol. The zero-order valence-corrected chi connectivity index (χ0v) is 44.3. The maximum absolute atomic E-state index is 12.3. The Hall–Kier alpha value is -7.46. The number of hydrogen-bond acceptors (Lipinski definition) is 7. The van der Waals surface area contributed by atoms with Gasteiger partial charge in [-0.1, -0.05) is 199 Å². The third-order valence-electron chi connectivity index (χ3n) is 14.1. The van der Waals surface area contributed by atoms with Crippen LogP contribution in [0.25, 0.3) is 33.4 Å². The molecule has 2 N–H and O–H groups in total. The van der Waals surface area contributed by atoms with E-state index in [0.29, 0.717) is 50.4 Å². The number of esters is 1. The average Bonchev–Trinajstić information content (AvgIpc) is 3.93. The zero-order chi connectivity index (χ0) is 53.7. The number of Topliss-reactive ketones (excluding diaryl/α,β-unsaturated/α-hetero) is 1. The molecule has 1 heterocycles. The van der Waals surface area contributed by atoms with Crippen LogP contribution in [0.5, 0.6) is 0 Å². The van der Waals surface area contributed by atoms with Crippen LogP contribution in [0.3, 0.4) is 0 Å². The summed E-state index contributed by atoms with van der Waals surface area (Å²) in [5.41, 5.74) is 10.5. The highest BCUT2D eigenvalue weighted by molar-refractivity contribution is 6.02. The van der Waals surface area contributed by atoms with Crippen LogP contribution in [-0.2, 0) is 52.8 Å². The van der Waals surface area contributed by atoms with Gasteiger partial charge in [0.2, 0.25) is 17.7 Å². The number of rotatable bonds is 20.